The smallest absolute Gasteiger partial charge is 0.256 e. The lowest BCUT2D eigenvalue weighted by Gasteiger charge is -2.09. The third-order valence-corrected chi connectivity index (χ3v) is 3.69. The molecule has 5 nitrogen and oxygen atoms in total. The Labute approximate surface area is 131 Å². The summed E-state index contributed by atoms with van der Waals surface area (Å²) in [6, 6.07) is 6.74. The van der Waals surface area contributed by atoms with E-state index in [0.29, 0.717) is 29.4 Å². The van der Waals surface area contributed by atoms with Crippen LogP contribution in [0.4, 0.5) is 11.5 Å². The van der Waals surface area contributed by atoms with Crippen molar-refractivity contribution in [2.24, 2.45) is 0 Å². The number of aromatic nitrogens is 1. The van der Waals surface area contributed by atoms with E-state index in [9.17, 15) is 4.79 Å². The van der Waals surface area contributed by atoms with Crippen LogP contribution in [-0.4, -0.2) is 17.5 Å². The molecule has 110 valence electrons. The molecule has 3 N–H and O–H groups in total. The van der Waals surface area contributed by atoms with Gasteiger partial charge in [-0.25, -0.2) is 4.98 Å². The van der Waals surface area contributed by atoms with Gasteiger partial charge in [-0.15, -0.1) is 0 Å². The number of nitrogens with zero attached hydrogens (tertiary/aromatic N) is 1. The van der Waals surface area contributed by atoms with E-state index in [1.807, 2.05) is 13.8 Å². The summed E-state index contributed by atoms with van der Waals surface area (Å²) in [5.74, 6) is 0.804. The number of amides is 1. The number of aryl methyl sites for hydroxylation is 1. The number of halogens is 1. The predicted octanol–water partition coefficient (Wildman–Crippen LogP) is 3.39. The molecule has 0 saturated carbocycles. The van der Waals surface area contributed by atoms with Crippen LogP contribution in [0.2, 0.25) is 0 Å². The fourth-order valence-corrected chi connectivity index (χ4v) is 1.99. The van der Waals surface area contributed by atoms with Crippen molar-refractivity contribution in [1.29, 1.82) is 0 Å². The summed E-state index contributed by atoms with van der Waals surface area (Å²) in [6.45, 7) is 4.33. The Kier molecular flexibility index (Phi) is 4.80. The summed E-state index contributed by atoms with van der Waals surface area (Å²) >= 11 is 3.37. The molecule has 1 aromatic heterocycles. The number of hydrogen-bond acceptors (Lipinski definition) is 4. The van der Waals surface area contributed by atoms with E-state index in [0.717, 1.165) is 10.0 Å². The first kappa shape index (κ1) is 15.3. The average Bonchev–Trinajstić information content (AvgIpc) is 2.45. The molecule has 0 unspecified atom stereocenters. The Hall–Kier alpha value is -2.08. The Morgan fingerprint density at radius 3 is 2.81 bits per heavy atom. The molecular formula is C15H16BrN3O2. The van der Waals surface area contributed by atoms with Gasteiger partial charge in [0.1, 0.15) is 11.6 Å². The highest BCUT2D eigenvalue weighted by atomic mass is 79.9. The number of carbonyl (C=O) groups excluding carboxylic acids is 1. The molecule has 0 atom stereocenters. The number of nitrogens with two attached hydrogens (primary N) is 1. The molecule has 0 fully saturated rings. The maximum atomic E-state index is 12.2. The van der Waals surface area contributed by atoms with E-state index in [2.05, 4.69) is 26.2 Å². The van der Waals surface area contributed by atoms with E-state index in [1.165, 1.54) is 0 Å². The van der Waals surface area contributed by atoms with E-state index >= 15 is 0 Å². The standard InChI is InChI=1S/C15H16BrN3O2/c1-3-21-13-5-4-10(7-12(13)17)15(20)19-14-6-9(2)11(16)8-18-14/h4-8H,3,17H2,1-2H3,(H,18,19,20). The second-order valence-corrected chi connectivity index (χ2v) is 5.31. The Morgan fingerprint density at radius 1 is 1.43 bits per heavy atom. The van der Waals surface area contributed by atoms with Crippen molar-refractivity contribution in [1.82, 2.24) is 4.98 Å². The molecule has 21 heavy (non-hydrogen) atoms. The Morgan fingerprint density at radius 2 is 2.19 bits per heavy atom. The summed E-state index contributed by atoms with van der Waals surface area (Å²) in [5, 5.41) is 2.74. The van der Waals surface area contributed by atoms with Crippen molar-refractivity contribution in [2.75, 3.05) is 17.7 Å². The summed E-state index contributed by atoms with van der Waals surface area (Å²) in [6.07, 6.45) is 1.65. The van der Waals surface area contributed by atoms with Gasteiger partial charge >= 0.3 is 0 Å². The topological polar surface area (TPSA) is 77.2 Å². The lowest BCUT2D eigenvalue weighted by molar-refractivity contribution is 0.102. The molecule has 1 aromatic carbocycles. The van der Waals surface area contributed by atoms with Gasteiger partial charge in [0.25, 0.3) is 5.91 Å². The number of pyridine rings is 1. The van der Waals surface area contributed by atoms with Crippen molar-refractivity contribution >= 4 is 33.3 Å². The number of anilines is 2. The average molecular weight is 350 g/mol. The minimum Gasteiger partial charge on any atom is -0.492 e. The van der Waals surface area contributed by atoms with Gasteiger partial charge in [0.05, 0.1) is 12.3 Å². The van der Waals surface area contributed by atoms with Crippen LogP contribution in [0.1, 0.15) is 22.8 Å². The van der Waals surface area contributed by atoms with Crippen LogP contribution in [0.25, 0.3) is 0 Å². The molecule has 6 heteroatoms. The fourth-order valence-electron chi connectivity index (χ4n) is 1.77. The van der Waals surface area contributed by atoms with Crippen molar-refractivity contribution in [3.63, 3.8) is 0 Å². The van der Waals surface area contributed by atoms with E-state index in [1.54, 1.807) is 30.5 Å². The Balaban J connectivity index is 2.16. The van der Waals surface area contributed by atoms with Crippen LogP contribution in [0, 0.1) is 6.92 Å². The molecule has 1 amide bonds. The van der Waals surface area contributed by atoms with Crippen LogP contribution in [0.15, 0.2) is 34.9 Å². The highest BCUT2D eigenvalue weighted by molar-refractivity contribution is 9.10. The third kappa shape index (κ3) is 3.72. The van der Waals surface area contributed by atoms with Crippen LogP contribution in [-0.2, 0) is 0 Å². The number of rotatable bonds is 4. The van der Waals surface area contributed by atoms with Crippen LogP contribution in [0.5, 0.6) is 5.75 Å². The highest BCUT2D eigenvalue weighted by Gasteiger charge is 2.10. The number of ether oxygens (including phenoxy) is 1. The molecular weight excluding hydrogens is 334 g/mol. The molecule has 0 spiro atoms. The van der Waals surface area contributed by atoms with Gasteiger partial charge in [-0.1, -0.05) is 0 Å². The molecule has 2 aromatic rings. The molecule has 0 aliphatic carbocycles. The SMILES string of the molecule is CCOc1ccc(C(=O)Nc2cc(C)c(Br)cn2)cc1N. The number of carbonyl (C=O) groups is 1. The molecule has 0 saturated heterocycles. The van der Waals surface area contributed by atoms with Gasteiger partial charge in [-0.05, 0) is 59.6 Å². The van der Waals surface area contributed by atoms with Crippen LogP contribution >= 0.6 is 15.9 Å². The largest absolute Gasteiger partial charge is 0.492 e. The zero-order valence-electron chi connectivity index (χ0n) is 11.8. The fraction of sp³-hybridized carbons (Fsp3) is 0.200. The number of benzene rings is 1. The van der Waals surface area contributed by atoms with Crippen LogP contribution in [0.3, 0.4) is 0 Å². The third-order valence-electron chi connectivity index (χ3n) is 2.86. The molecule has 0 radical (unpaired) electrons. The van der Waals surface area contributed by atoms with Crippen LogP contribution < -0.4 is 15.8 Å². The summed E-state index contributed by atoms with van der Waals surface area (Å²) in [4.78, 5) is 16.3. The van der Waals surface area contributed by atoms with Gasteiger partial charge in [-0.2, -0.15) is 0 Å². The summed E-state index contributed by atoms with van der Waals surface area (Å²) in [5.41, 5.74) is 7.74. The second-order valence-electron chi connectivity index (χ2n) is 4.46. The molecule has 2 rings (SSSR count). The van der Waals surface area contributed by atoms with Gasteiger partial charge in [-0.3, -0.25) is 4.79 Å². The first-order valence-corrected chi connectivity index (χ1v) is 7.26. The summed E-state index contributed by atoms with van der Waals surface area (Å²) in [7, 11) is 0. The van der Waals surface area contributed by atoms with Crippen molar-refractivity contribution < 1.29 is 9.53 Å². The minimum atomic E-state index is -0.265. The maximum Gasteiger partial charge on any atom is 0.256 e. The Bertz CT molecular complexity index is 674. The zero-order valence-corrected chi connectivity index (χ0v) is 13.4. The normalized spacial score (nSPS) is 10.2. The number of nitrogen functional groups attached to an aromatic ring is 1. The number of nitrogens with one attached hydrogen (secondary N) is 1. The van der Waals surface area contributed by atoms with E-state index in [-0.39, 0.29) is 5.91 Å². The van der Waals surface area contributed by atoms with Crippen molar-refractivity contribution in [3.05, 3.63) is 46.1 Å². The first-order valence-electron chi connectivity index (χ1n) is 6.47. The maximum absolute atomic E-state index is 12.2. The van der Waals surface area contributed by atoms with Gasteiger partial charge in [0, 0.05) is 16.2 Å². The molecule has 0 aliphatic heterocycles. The first-order chi connectivity index (χ1) is 10.0. The second kappa shape index (κ2) is 6.58. The summed E-state index contributed by atoms with van der Waals surface area (Å²) < 4.78 is 6.24. The molecule has 0 bridgehead atoms. The monoisotopic (exact) mass is 349 g/mol. The van der Waals surface area contributed by atoms with E-state index in [4.69, 9.17) is 10.5 Å². The molecule has 0 aliphatic rings. The van der Waals surface area contributed by atoms with Crippen molar-refractivity contribution in [3.8, 4) is 5.75 Å². The van der Waals surface area contributed by atoms with Gasteiger partial charge in [0.15, 0.2) is 0 Å². The quantitative estimate of drug-likeness (QED) is 0.829. The lowest BCUT2D eigenvalue weighted by Crippen LogP contribution is -2.13. The zero-order chi connectivity index (χ0) is 15.4. The number of hydrogen-bond donors (Lipinski definition) is 2. The minimum absolute atomic E-state index is 0.265. The van der Waals surface area contributed by atoms with E-state index < -0.39 is 0 Å². The highest BCUT2D eigenvalue weighted by Crippen LogP contribution is 2.23. The predicted molar refractivity (Wildman–Crippen MR) is 86.7 cm³/mol. The lowest BCUT2D eigenvalue weighted by atomic mass is 10.1. The van der Waals surface area contributed by atoms with Crippen molar-refractivity contribution in [2.45, 2.75) is 13.8 Å². The van der Waals surface area contributed by atoms with Gasteiger partial charge < -0.3 is 15.8 Å². The van der Waals surface area contributed by atoms with Gasteiger partial charge in [0.2, 0.25) is 0 Å². The molecule has 1 heterocycles.